The van der Waals surface area contributed by atoms with E-state index >= 15 is 0 Å². The van der Waals surface area contributed by atoms with E-state index in [1.54, 1.807) is 12.1 Å². The minimum atomic E-state index is -0.498. The van der Waals surface area contributed by atoms with Gasteiger partial charge in [0.15, 0.2) is 6.61 Å². The Morgan fingerprint density at radius 2 is 1.74 bits per heavy atom. The summed E-state index contributed by atoms with van der Waals surface area (Å²) in [7, 11) is 0. The molecule has 2 rings (SSSR count). The quantitative estimate of drug-likeness (QED) is 0.815. The highest BCUT2D eigenvalue weighted by molar-refractivity contribution is 9.10. The molecule has 0 atom stereocenters. The first-order chi connectivity index (χ1) is 10.9. The van der Waals surface area contributed by atoms with Gasteiger partial charge in [-0.05, 0) is 55.7 Å². The van der Waals surface area contributed by atoms with Crippen molar-refractivity contribution in [1.29, 1.82) is 0 Å². The van der Waals surface area contributed by atoms with Gasteiger partial charge in [0.05, 0.1) is 5.56 Å². The minimum Gasteiger partial charge on any atom is -0.452 e. The van der Waals surface area contributed by atoms with E-state index in [1.165, 1.54) is 0 Å². The van der Waals surface area contributed by atoms with Crippen molar-refractivity contribution in [2.75, 3.05) is 11.9 Å². The number of carbonyl (C=O) groups excluding carboxylic acids is 2. The summed E-state index contributed by atoms with van der Waals surface area (Å²) in [6, 6.07) is 10.9. The molecule has 4 nitrogen and oxygen atoms in total. The fourth-order valence-corrected chi connectivity index (χ4v) is 2.57. The van der Waals surface area contributed by atoms with E-state index < -0.39 is 5.97 Å². The van der Waals surface area contributed by atoms with Crippen molar-refractivity contribution in [2.45, 2.75) is 20.8 Å². The lowest BCUT2D eigenvalue weighted by Crippen LogP contribution is -2.21. The molecule has 0 heterocycles. The predicted molar refractivity (Wildman–Crippen MR) is 93.7 cm³/mol. The second-order valence-electron chi connectivity index (χ2n) is 5.36. The van der Waals surface area contributed by atoms with Crippen molar-refractivity contribution in [1.82, 2.24) is 0 Å². The van der Waals surface area contributed by atoms with Gasteiger partial charge in [-0.3, -0.25) is 4.79 Å². The van der Waals surface area contributed by atoms with Gasteiger partial charge < -0.3 is 10.1 Å². The van der Waals surface area contributed by atoms with Crippen LogP contribution < -0.4 is 5.32 Å². The molecule has 0 bridgehead atoms. The molecule has 0 radical (unpaired) electrons. The van der Waals surface area contributed by atoms with Crippen LogP contribution in [0.5, 0.6) is 0 Å². The Hall–Kier alpha value is -2.14. The number of benzene rings is 2. The molecule has 5 heteroatoms. The molecular formula is C18H18BrNO3. The fraction of sp³-hybridized carbons (Fsp3) is 0.222. The van der Waals surface area contributed by atoms with Crippen LogP contribution in [0, 0.1) is 20.8 Å². The van der Waals surface area contributed by atoms with E-state index in [2.05, 4.69) is 21.2 Å². The molecule has 0 fully saturated rings. The number of amides is 1. The second-order valence-corrected chi connectivity index (χ2v) is 6.21. The molecule has 1 amide bonds. The summed E-state index contributed by atoms with van der Waals surface area (Å²) in [5, 5.41) is 2.76. The molecule has 23 heavy (non-hydrogen) atoms. The molecule has 2 aromatic rings. The Bertz CT molecular complexity index is 756. The minimum absolute atomic E-state index is 0.318. The smallest absolute Gasteiger partial charge is 0.338 e. The Labute approximate surface area is 144 Å². The number of nitrogens with one attached hydrogen (secondary N) is 1. The van der Waals surface area contributed by atoms with E-state index in [1.807, 2.05) is 45.0 Å². The third-order valence-corrected chi connectivity index (χ3v) is 4.33. The third kappa shape index (κ3) is 4.42. The summed E-state index contributed by atoms with van der Waals surface area (Å²) in [6.45, 7) is 5.35. The van der Waals surface area contributed by atoms with Crippen LogP contribution in [-0.4, -0.2) is 18.5 Å². The number of halogens is 1. The number of aryl methyl sites for hydroxylation is 3. The lowest BCUT2D eigenvalue weighted by atomic mass is 10.1. The maximum atomic E-state index is 12.0. The van der Waals surface area contributed by atoms with Crippen LogP contribution in [0.1, 0.15) is 27.0 Å². The van der Waals surface area contributed by atoms with Gasteiger partial charge in [-0.1, -0.05) is 34.1 Å². The topological polar surface area (TPSA) is 55.4 Å². The van der Waals surface area contributed by atoms with Crippen LogP contribution in [0.4, 0.5) is 5.69 Å². The standard InChI is InChI=1S/C18H18BrNO3/c1-11-6-4-5-7-14(11)18(22)23-10-17(21)20-16-9-12(2)15(19)8-13(16)3/h4-9H,10H2,1-3H3,(H,20,21). The molecule has 0 aliphatic rings. The monoisotopic (exact) mass is 375 g/mol. The number of hydrogen-bond acceptors (Lipinski definition) is 3. The number of rotatable bonds is 4. The van der Waals surface area contributed by atoms with Crippen molar-refractivity contribution >= 4 is 33.5 Å². The number of hydrogen-bond donors (Lipinski definition) is 1. The van der Waals surface area contributed by atoms with Crippen molar-refractivity contribution < 1.29 is 14.3 Å². The summed E-state index contributed by atoms with van der Waals surface area (Å²) >= 11 is 3.45. The zero-order valence-electron chi connectivity index (χ0n) is 13.3. The molecule has 0 saturated heterocycles. The van der Waals surface area contributed by atoms with E-state index in [4.69, 9.17) is 4.74 Å². The summed E-state index contributed by atoms with van der Waals surface area (Å²) < 4.78 is 6.06. The largest absolute Gasteiger partial charge is 0.452 e. The van der Waals surface area contributed by atoms with Gasteiger partial charge in [-0.25, -0.2) is 4.79 Å². The second kappa shape index (κ2) is 7.42. The molecule has 1 N–H and O–H groups in total. The van der Waals surface area contributed by atoms with E-state index in [-0.39, 0.29) is 12.5 Å². The summed E-state index contributed by atoms with van der Waals surface area (Å²) in [5.74, 6) is -0.862. The first kappa shape index (κ1) is 17.2. The summed E-state index contributed by atoms with van der Waals surface area (Å²) in [5.41, 5.74) is 3.94. The Morgan fingerprint density at radius 1 is 1.04 bits per heavy atom. The normalized spacial score (nSPS) is 10.3. The van der Waals surface area contributed by atoms with E-state index in [9.17, 15) is 9.59 Å². The lowest BCUT2D eigenvalue weighted by Gasteiger charge is -2.11. The molecule has 0 spiro atoms. The molecule has 0 aliphatic heterocycles. The van der Waals surface area contributed by atoms with Crippen molar-refractivity contribution in [3.8, 4) is 0 Å². The first-order valence-corrected chi connectivity index (χ1v) is 7.97. The molecule has 2 aromatic carbocycles. The zero-order valence-corrected chi connectivity index (χ0v) is 14.9. The molecule has 120 valence electrons. The SMILES string of the molecule is Cc1cc(NC(=O)COC(=O)c2ccccc2C)c(C)cc1Br. The van der Waals surface area contributed by atoms with Gasteiger partial charge >= 0.3 is 5.97 Å². The van der Waals surface area contributed by atoms with E-state index in [0.717, 1.165) is 21.2 Å². The van der Waals surface area contributed by atoms with Gasteiger partial charge in [-0.15, -0.1) is 0 Å². The maximum absolute atomic E-state index is 12.0. The first-order valence-electron chi connectivity index (χ1n) is 7.18. The Morgan fingerprint density at radius 3 is 2.43 bits per heavy atom. The molecule has 0 saturated carbocycles. The van der Waals surface area contributed by atoms with Crippen LogP contribution in [0.15, 0.2) is 40.9 Å². The van der Waals surface area contributed by atoms with Gasteiger partial charge in [-0.2, -0.15) is 0 Å². The molecular weight excluding hydrogens is 358 g/mol. The maximum Gasteiger partial charge on any atom is 0.338 e. The average Bonchev–Trinajstić information content (AvgIpc) is 2.51. The highest BCUT2D eigenvalue weighted by Gasteiger charge is 2.13. The third-order valence-electron chi connectivity index (χ3n) is 3.48. The highest BCUT2D eigenvalue weighted by atomic mass is 79.9. The lowest BCUT2D eigenvalue weighted by molar-refractivity contribution is -0.119. The molecule has 0 unspecified atom stereocenters. The van der Waals surface area contributed by atoms with E-state index in [0.29, 0.717) is 11.3 Å². The Kier molecular flexibility index (Phi) is 5.55. The van der Waals surface area contributed by atoms with Crippen LogP contribution in [0.2, 0.25) is 0 Å². The average molecular weight is 376 g/mol. The van der Waals surface area contributed by atoms with Crippen LogP contribution in [-0.2, 0) is 9.53 Å². The number of anilines is 1. The molecule has 0 aliphatic carbocycles. The van der Waals surface area contributed by atoms with Crippen molar-refractivity contribution in [2.24, 2.45) is 0 Å². The summed E-state index contributed by atoms with van der Waals surface area (Å²) in [4.78, 5) is 24.0. The Balaban J connectivity index is 1.97. The number of ether oxygens (including phenoxy) is 1. The summed E-state index contributed by atoms with van der Waals surface area (Å²) in [6.07, 6.45) is 0. The van der Waals surface area contributed by atoms with Gasteiger partial charge in [0.1, 0.15) is 0 Å². The van der Waals surface area contributed by atoms with Crippen LogP contribution >= 0.6 is 15.9 Å². The zero-order chi connectivity index (χ0) is 17.0. The molecule has 0 aromatic heterocycles. The van der Waals surface area contributed by atoms with Crippen LogP contribution in [0.3, 0.4) is 0 Å². The van der Waals surface area contributed by atoms with Gasteiger partial charge in [0, 0.05) is 10.2 Å². The van der Waals surface area contributed by atoms with Crippen molar-refractivity contribution in [3.63, 3.8) is 0 Å². The number of esters is 1. The van der Waals surface area contributed by atoms with Gasteiger partial charge in [0.2, 0.25) is 0 Å². The van der Waals surface area contributed by atoms with Crippen molar-refractivity contribution in [3.05, 3.63) is 63.1 Å². The van der Waals surface area contributed by atoms with Gasteiger partial charge in [0.25, 0.3) is 5.91 Å². The number of carbonyl (C=O) groups is 2. The fourth-order valence-electron chi connectivity index (χ4n) is 2.11. The van der Waals surface area contributed by atoms with Crippen LogP contribution in [0.25, 0.3) is 0 Å². The highest BCUT2D eigenvalue weighted by Crippen LogP contribution is 2.24. The predicted octanol–water partition coefficient (Wildman–Crippen LogP) is 4.17.